The summed E-state index contributed by atoms with van der Waals surface area (Å²) < 4.78 is 0.756. The minimum atomic E-state index is -1.50. The molecule has 132 valence electrons. The van der Waals surface area contributed by atoms with Crippen LogP contribution in [0.25, 0.3) is 0 Å². The van der Waals surface area contributed by atoms with E-state index in [1.54, 1.807) is 48.5 Å². The van der Waals surface area contributed by atoms with Crippen LogP contribution in [0.4, 0.5) is 5.82 Å². The lowest BCUT2D eigenvalue weighted by molar-refractivity contribution is -0.131. The van der Waals surface area contributed by atoms with E-state index >= 15 is 0 Å². The number of benzene rings is 1. The monoisotopic (exact) mass is 413 g/mol. The molecule has 2 atom stereocenters. The highest BCUT2D eigenvalue weighted by molar-refractivity contribution is 9.10. The fraction of sp³-hybridized carbons (Fsp3) is 0.211. The number of ketones is 2. The van der Waals surface area contributed by atoms with Gasteiger partial charge in [-0.2, -0.15) is 5.26 Å². The van der Waals surface area contributed by atoms with Crippen LogP contribution < -0.4 is 5.32 Å². The molecule has 0 saturated carbocycles. The number of hydrogen-bond donors (Lipinski definition) is 1. The quantitative estimate of drug-likeness (QED) is 0.553. The predicted octanol–water partition coefficient (Wildman–Crippen LogP) is 3.40. The molecular formula is C19H16BrN3O3. The zero-order chi connectivity index (χ0) is 19.1. The van der Waals surface area contributed by atoms with Gasteiger partial charge in [0, 0.05) is 28.6 Å². The maximum atomic E-state index is 12.5. The smallest absolute Gasteiger partial charge is 0.250 e. The van der Waals surface area contributed by atoms with Crippen molar-refractivity contribution in [3.8, 4) is 6.07 Å². The van der Waals surface area contributed by atoms with Gasteiger partial charge in [0.15, 0.2) is 17.5 Å². The van der Waals surface area contributed by atoms with Crippen molar-refractivity contribution in [3.63, 3.8) is 0 Å². The Bertz CT molecular complexity index is 862. The lowest BCUT2D eigenvalue weighted by atomic mass is 9.89. The molecule has 6 nitrogen and oxygen atoms in total. The first-order chi connectivity index (χ1) is 12.4. The van der Waals surface area contributed by atoms with E-state index < -0.39 is 23.5 Å². The average molecular weight is 414 g/mol. The molecule has 2 aromatic rings. The SMILES string of the molecule is C[C@@H](CC(=O)c1cccc(Br)c1)C(=O)[C@H](C#N)C(=O)Nc1ccccn1. The summed E-state index contributed by atoms with van der Waals surface area (Å²) in [5, 5.41) is 11.7. The summed E-state index contributed by atoms with van der Waals surface area (Å²) in [6.07, 6.45) is 1.41. The van der Waals surface area contributed by atoms with Gasteiger partial charge >= 0.3 is 0 Å². The molecule has 1 heterocycles. The molecule has 0 aliphatic heterocycles. The summed E-state index contributed by atoms with van der Waals surface area (Å²) in [6.45, 7) is 1.54. The molecule has 1 aromatic heterocycles. The molecular weight excluding hydrogens is 398 g/mol. The molecule has 1 N–H and O–H groups in total. The number of carbonyl (C=O) groups is 3. The normalized spacial score (nSPS) is 12.5. The fourth-order valence-corrected chi connectivity index (χ4v) is 2.73. The molecule has 0 aliphatic carbocycles. The number of pyridine rings is 1. The Morgan fingerprint density at radius 1 is 1.23 bits per heavy atom. The Labute approximate surface area is 159 Å². The molecule has 7 heteroatoms. The first-order valence-corrected chi connectivity index (χ1v) is 8.65. The van der Waals surface area contributed by atoms with Crippen LogP contribution >= 0.6 is 15.9 Å². The van der Waals surface area contributed by atoms with E-state index in [0.717, 1.165) is 4.47 Å². The van der Waals surface area contributed by atoms with Crippen LogP contribution in [0.1, 0.15) is 23.7 Å². The second kappa shape index (κ2) is 9.02. The van der Waals surface area contributed by atoms with E-state index in [9.17, 15) is 19.6 Å². The van der Waals surface area contributed by atoms with Crippen molar-refractivity contribution in [2.24, 2.45) is 11.8 Å². The van der Waals surface area contributed by atoms with Gasteiger partial charge in [0.1, 0.15) is 5.82 Å². The molecule has 26 heavy (non-hydrogen) atoms. The van der Waals surface area contributed by atoms with Crippen LogP contribution in [0, 0.1) is 23.2 Å². The number of nitriles is 1. The molecule has 0 radical (unpaired) electrons. The van der Waals surface area contributed by atoms with Crippen LogP contribution in [0.15, 0.2) is 53.1 Å². The van der Waals surface area contributed by atoms with Crippen molar-refractivity contribution in [1.29, 1.82) is 5.26 Å². The van der Waals surface area contributed by atoms with Gasteiger partial charge in [0.25, 0.3) is 5.91 Å². The zero-order valence-corrected chi connectivity index (χ0v) is 15.6. The first kappa shape index (κ1) is 19.5. The lowest BCUT2D eigenvalue weighted by Crippen LogP contribution is -2.33. The van der Waals surface area contributed by atoms with Crippen LogP contribution in [0.5, 0.6) is 0 Å². The maximum absolute atomic E-state index is 12.5. The van der Waals surface area contributed by atoms with Crippen LogP contribution in [0.3, 0.4) is 0 Å². The number of amides is 1. The number of anilines is 1. The molecule has 0 spiro atoms. The van der Waals surface area contributed by atoms with Crippen LogP contribution in [-0.4, -0.2) is 22.5 Å². The average Bonchev–Trinajstić information content (AvgIpc) is 2.63. The van der Waals surface area contributed by atoms with E-state index in [4.69, 9.17) is 0 Å². The summed E-state index contributed by atoms with van der Waals surface area (Å²) >= 11 is 3.29. The highest BCUT2D eigenvalue weighted by Crippen LogP contribution is 2.18. The van der Waals surface area contributed by atoms with Crippen molar-refractivity contribution < 1.29 is 14.4 Å². The summed E-state index contributed by atoms with van der Waals surface area (Å²) in [7, 11) is 0. The fourth-order valence-electron chi connectivity index (χ4n) is 2.33. The third-order valence-corrected chi connectivity index (χ3v) is 4.21. The Morgan fingerprint density at radius 3 is 2.62 bits per heavy atom. The maximum Gasteiger partial charge on any atom is 0.250 e. The third-order valence-electron chi connectivity index (χ3n) is 3.72. The van der Waals surface area contributed by atoms with E-state index in [1.165, 1.54) is 13.1 Å². The number of hydrogen-bond acceptors (Lipinski definition) is 5. The summed E-state index contributed by atoms with van der Waals surface area (Å²) in [4.78, 5) is 40.9. The number of carbonyl (C=O) groups excluding carboxylic acids is 3. The van der Waals surface area contributed by atoms with Crippen molar-refractivity contribution in [2.75, 3.05) is 5.32 Å². The van der Waals surface area contributed by atoms with Crippen molar-refractivity contribution in [2.45, 2.75) is 13.3 Å². The summed E-state index contributed by atoms with van der Waals surface area (Å²) in [5.41, 5.74) is 0.463. The zero-order valence-electron chi connectivity index (χ0n) is 14.0. The second-order valence-electron chi connectivity index (χ2n) is 5.71. The Hall–Kier alpha value is -2.85. The number of rotatable bonds is 7. The Kier molecular flexibility index (Phi) is 6.75. The molecule has 1 amide bonds. The van der Waals surface area contributed by atoms with Crippen molar-refractivity contribution in [1.82, 2.24) is 4.98 Å². The van der Waals surface area contributed by atoms with Gasteiger partial charge in [-0.1, -0.05) is 41.1 Å². The molecule has 2 rings (SSSR count). The van der Waals surface area contributed by atoms with Gasteiger partial charge in [-0.3, -0.25) is 14.4 Å². The number of aromatic nitrogens is 1. The predicted molar refractivity (Wildman–Crippen MR) is 99.2 cm³/mol. The van der Waals surface area contributed by atoms with E-state index in [1.807, 2.05) is 0 Å². The standard InChI is InChI=1S/C19H16BrN3O3/c1-12(9-16(24)13-5-4-6-14(20)10-13)18(25)15(11-21)19(26)23-17-7-2-3-8-22-17/h2-8,10,12,15H,9H2,1H3,(H,22,23,26)/t12-,15-/m0/s1. The second-order valence-corrected chi connectivity index (χ2v) is 6.62. The number of Topliss-reactive ketones (excluding diaryl/α,β-unsaturated/α-hetero) is 2. The highest BCUT2D eigenvalue weighted by atomic mass is 79.9. The Morgan fingerprint density at radius 2 is 2.00 bits per heavy atom. The minimum absolute atomic E-state index is 0.0790. The lowest BCUT2D eigenvalue weighted by Gasteiger charge is -2.14. The number of nitrogens with zero attached hydrogens (tertiary/aromatic N) is 2. The third kappa shape index (κ3) is 5.07. The van der Waals surface area contributed by atoms with Crippen LogP contribution in [-0.2, 0) is 9.59 Å². The van der Waals surface area contributed by atoms with Gasteiger partial charge in [-0.25, -0.2) is 4.98 Å². The van der Waals surface area contributed by atoms with Crippen molar-refractivity contribution in [3.05, 3.63) is 58.7 Å². The number of nitrogens with one attached hydrogen (secondary N) is 1. The summed E-state index contributed by atoms with van der Waals surface area (Å²) in [5.74, 6) is -3.58. The van der Waals surface area contributed by atoms with Gasteiger partial charge in [-0.15, -0.1) is 0 Å². The number of halogens is 1. The molecule has 0 aliphatic rings. The highest BCUT2D eigenvalue weighted by Gasteiger charge is 2.31. The van der Waals surface area contributed by atoms with E-state index in [2.05, 4.69) is 26.2 Å². The van der Waals surface area contributed by atoms with Gasteiger partial charge < -0.3 is 5.32 Å². The Balaban J connectivity index is 2.03. The minimum Gasteiger partial charge on any atom is -0.309 e. The molecule has 0 bridgehead atoms. The largest absolute Gasteiger partial charge is 0.309 e. The molecule has 0 fully saturated rings. The van der Waals surface area contributed by atoms with Crippen LogP contribution in [0.2, 0.25) is 0 Å². The molecule has 0 saturated heterocycles. The van der Waals surface area contributed by atoms with E-state index in [-0.39, 0.29) is 18.0 Å². The summed E-state index contributed by atoms with van der Waals surface area (Å²) in [6, 6.07) is 13.4. The van der Waals surface area contributed by atoms with E-state index in [0.29, 0.717) is 5.56 Å². The van der Waals surface area contributed by atoms with Crippen molar-refractivity contribution >= 4 is 39.2 Å². The topological polar surface area (TPSA) is 99.9 Å². The first-order valence-electron chi connectivity index (χ1n) is 7.86. The molecule has 0 unspecified atom stereocenters. The van der Waals surface area contributed by atoms with Gasteiger partial charge in [-0.05, 0) is 24.3 Å². The molecule has 1 aromatic carbocycles. The van der Waals surface area contributed by atoms with Gasteiger partial charge in [0.05, 0.1) is 6.07 Å². The van der Waals surface area contributed by atoms with Gasteiger partial charge in [0.2, 0.25) is 0 Å².